The Morgan fingerprint density at radius 1 is 0.806 bits per heavy atom. The second-order valence-electron chi connectivity index (χ2n) is 6.32. The fraction of sp³-hybridized carbons (Fsp3) is 0.105. The van der Waals surface area contributed by atoms with Crippen LogP contribution in [0.5, 0.6) is 0 Å². The van der Waals surface area contributed by atoms with Gasteiger partial charge in [0.1, 0.15) is 0 Å². The molecule has 4 aromatic rings. The second kappa shape index (κ2) is 7.41. The lowest BCUT2D eigenvalue weighted by molar-refractivity contribution is -0.140. The summed E-state index contributed by atoms with van der Waals surface area (Å²) in [5.74, 6) is -0.389. The molecule has 4 rings (SSSR count). The van der Waals surface area contributed by atoms with Crippen LogP contribution in [0, 0.1) is 0 Å². The first-order valence-corrected chi connectivity index (χ1v) is 8.92. The van der Waals surface area contributed by atoms with Crippen molar-refractivity contribution in [3.05, 3.63) is 77.5 Å². The van der Waals surface area contributed by atoms with Gasteiger partial charge in [0.05, 0.1) is 11.1 Å². The molecule has 1 aromatic carbocycles. The number of alkyl halides is 6. The van der Waals surface area contributed by atoms with Crippen molar-refractivity contribution >= 4 is 11.6 Å². The van der Waals surface area contributed by atoms with Crippen LogP contribution >= 0.6 is 11.6 Å². The van der Waals surface area contributed by atoms with Crippen molar-refractivity contribution in [2.75, 3.05) is 0 Å². The standard InChI is InChI=1S/C19H10ClF6N5/c20-13-9-11(8-12(10-13)18(21,22)23)14-15(19(24,25)26)29-31(17-27-4-3-5-28-17)16(14)30-6-1-2-7-30/h1-10H. The van der Waals surface area contributed by atoms with Crippen molar-refractivity contribution in [3.63, 3.8) is 0 Å². The van der Waals surface area contributed by atoms with Gasteiger partial charge in [0.15, 0.2) is 11.5 Å². The van der Waals surface area contributed by atoms with Crippen molar-refractivity contribution in [1.82, 2.24) is 24.3 Å². The molecule has 0 saturated heterocycles. The molecule has 0 unspecified atom stereocenters. The van der Waals surface area contributed by atoms with Gasteiger partial charge in [-0.25, -0.2) is 9.97 Å². The zero-order valence-electron chi connectivity index (χ0n) is 15.2. The average Bonchev–Trinajstić information content (AvgIpc) is 3.34. The molecule has 0 radical (unpaired) electrons. The van der Waals surface area contributed by atoms with E-state index in [1.54, 1.807) is 12.1 Å². The summed E-state index contributed by atoms with van der Waals surface area (Å²) in [7, 11) is 0. The van der Waals surface area contributed by atoms with Crippen molar-refractivity contribution < 1.29 is 26.3 Å². The predicted octanol–water partition coefficient (Wildman–Crippen LogP) is 5.81. The predicted molar refractivity (Wildman–Crippen MR) is 98.9 cm³/mol. The Balaban J connectivity index is 2.11. The molecule has 0 amide bonds. The molecule has 31 heavy (non-hydrogen) atoms. The van der Waals surface area contributed by atoms with E-state index in [4.69, 9.17) is 11.6 Å². The summed E-state index contributed by atoms with van der Waals surface area (Å²) in [5.41, 5.74) is -3.59. The summed E-state index contributed by atoms with van der Waals surface area (Å²) < 4.78 is 83.9. The third-order valence-electron chi connectivity index (χ3n) is 4.23. The van der Waals surface area contributed by atoms with Gasteiger partial charge in [-0.3, -0.25) is 0 Å². The van der Waals surface area contributed by atoms with Crippen LogP contribution in [0.25, 0.3) is 22.9 Å². The molecular formula is C19H10ClF6N5. The van der Waals surface area contributed by atoms with E-state index in [0.29, 0.717) is 12.1 Å². The molecule has 0 atom stereocenters. The monoisotopic (exact) mass is 457 g/mol. The zero-order valence-corrected chi connectivity index (χ0v) is 15.9. The summed E-state index contributed by atoms with van der Waals surface area (Å²) in [6.45, 7) is 0. The Kier molecular flexibility index (Phi) is 5.00. The Hall–Kier alpha value is -3.34. The molecule has 12 heteroatoms. The van der Waals surface area contributed by atoms with Crippen LogP contribution in [-0.4, -0.2) is 24.3 Å². The molecule has 160 valence electrons. The highest BCUT2D eigenvalue weighted by Crippen LogP contribution is 2.43. The maximum Gasteiger partial charge on any atom is 0.435 e. The van der Waals surface area contributed by atoms with Gasteiger partial charge in [-0.15, -0.1) is 0 Å². The summed E-state index contributed by atoms with van der Waals surface area (Å²) in [6, 6.07) is 6.80. The van der Waals surface area contributed by atoms with Crippen LogP contribution in [0.4, 0.5) is 26.3 Å². The van der Waals surface area contributed by atoms with Gasteiger partial charge in [0, 0.05) is 29.8 Å². The number of benzene rings is 1. The first kappa shape index (κ1) is 20.9. The van der Waals surface area contributed by atoms with E-state index in [1.165, 1.54) is 35.4 Å². The molecule has 3 heterocycles. The number of hydrogen-bond acceptors (Lipinski definition) is 3. The van der Waals surface area contributed by atoms with Gasteiger partial charge in [-0.1, -0.05) is 11.6 Å². The second-order valence-corrected chi connectivity index (χ2v) is 6.76. The molecule has 0 aliphatic carbocycles. The van der Waals surface area contributed by atoms with Crippen LogP contribution < -0.4 is 0 Å². The molecular weight excluding hydrogens is 448 g/mol. The Bertz CT molecular complexity index is 1210. The number of hydrogen-bond donors (Lipinski definition) is 0. The van der Waals surface area contributed by atoms with Crippen molar-refractivity contribution in [3.8, 4) is 22.9 Å². The quantitative estimate of drug-likeness (QED) is 0.365. The SMILES string of the molecule is FC(F)(F)c1cc(Cl)cc(-c2c(C(F)(F)F)nn(-c3ncccn3)c2-n2cccc2)c1. The minimum atomic E-state index is -4.99. The molecule has 5 nitrogen and oxygen atoms in total. The third kappa shape index (κ3) is 4.00. The molecule has 0 bridgehead atoms. The Morgan fingerprint density at radius 2 is 1.45 bits per heavy atom. The molecule has 3 aromatic heterocycles. The Morgan fingerprint density at radius 3 is 2.03 bits per heavy atom. The molecule has 0 fully saturated rings. The average molecular weight is 458 g/mol. The maximum atomic E-state index is 13.9. The smallest absolute Gasteiger partial charge is 0.308 e. The molecule has 0 aliphatic rings. The van der Waals surface area contributed by atoms with Gasteiger partial charge >= 0.3 is 12.4 Å². The molecule has 0 aliphatic heterocycles. The fourth-order valence-corrected chi connectivity index (χ4v) is 3.26. The third-order valence-corrected chi connectivity index (χ3v) is 4.45. The zero-order chi connectivity index (χ0) is 22.4. The van der Waals surface area contributed by atoms with Crippen molar-refractivity contribution in [2.45, 2.75) is 12.4 Å². The number of nitrogens with zero attached hydrogens (tertiary/aromatic N) is 5. The van der Waals surface area contributed by atoms with E-state index >= 15 is 0 Å². The van der Waals surface area contributed by atoms with Crippen LogP contribution in [0.2, 0.25) is 5.02 Å². The number of rotatable bonds is 3. The first-order valence-electron chi connectivity index (χ1n) is 8.55. The van der Waals surface area contributed by atoms with E-state index in [9.17, 15) is 26.3 Å². The van der Waals surface area contributed by atoms with E-state index in [2.05, 4.69) is 15.1 Å². The lowest BCUT2D eigenvalue weighted by Crippen LogP contribution is -2.10. The van der Waals surface area contributed by atoms with Crippen molar-refractivity contribution in [1.29, 1.82) is 0 Å². The highest BCUT2D eigenvalue weighted by atomic mass is 35.5. The van der Waals surface area contributed by atoms with Gasteiger partial charge in [0.2, 0.25) is 0 Å². The van der Waals surface area contributed by atoms with Crippen LogP contribution in [0.1, 0.15) is 11.3 Å². The molecule has 0 N–H and O–H groups in total. The highest BCUT2D eigenvalue weighted by molar-refractivity contribution is 6.31. The van der Waals surface area contributed by atoms with E-state index in [-0.39, 0.29) is 16.8 Å². The van der Waals surface area contributed by atoms with E-state index in [1.807, 2.05) is 0 Å². The topological polar surface area (TPSA) is 48.5 Å². The largest absolute Gasteiger partial charge is 0.435 e. The minimum Gasteiger partial charge on any atom is -0.308 e. The van der Waals surface area contributed by atoms with Crippen LogP contribution in [-0.2, 0) is 12.4 Å². The Labute approximate surface area is 175 Å². The van der Waals surface area contributed by atoms with E-state index in [0.717, 1.165) is 10.7 Å². The van der Waals surface area contributed by atoms with Gasteiger partial charge in [0.25, 0.3) is 5.95 Å². The maximum absolute atomic E-state index is 13.9. The van der Waals surface area contributed by atoms with Crippen LogP contribution in [0.3, 0.4) is 0 Å². The normalized spacial score (nSPS) is 12.4. The summed E-state index contributed by atoms with van der Waals surface area (Å²) >= 11 is 5.83. The highest BCUT2D eigenvalue weighted by Gasteiger charge is 2.41. The van der Waals surface area contributed by atoms with Gasteiger partial charge in [-0.2, -0.15) is 36.1 Å². The molecule has 0 spiro atoms. The molecule has 0 saturated carbocycles. The first-order chi connectivity index (χ1) is 14.6. The van der Waals surface area contributed by atoms with Gasteiger partial charge in [-0.05, 0) is 42.0 Å². The lowest BCUT2D eigenvalue weighted by atomic mass is 10.0. The van der Waals surface area contributed by atoms with Crippen molar-refractivity contribution in [2.24, 2.45) is 0 Å². The van der Waals surface area contributed by atoms with Gasteiger partial charge < -0.3 is 4.57 Å². The van der Waals surface area contributed by atoms with E-state index < -0.39 is 34.7 Å². The fourth-order valence-electron chi connectivity index (χ4n) is 3.03. The number of halogens is 7. The van der Waals surface area contributed by atoms with Crippen LogP contribution in [0.15, 0.2) is 61.2 Å². The minimum absolute atomic E-state index is 0.193. The summed E-state index contributed by atoms with van der Waals surface area (Å²) in [5, 5.41) is 3.25. The summed E-state index contributed by atoms with van der Waals surface area (Å²) in [6.07, 6.45) is -4.35. The number of aromatic nitrogens is 5. The lowest BCUT2D eigenvalue weighted by Gasteiger charge is -2.14. The summed E-state index contributed by atoms with van der Waals surface area (Å²) in [4.78, 5) is 7.85.